The van der Waals surface area contributed by atoms with Crippen LogP contribution in [0.4, 0.5) is 0 Å². The van der Waals surface area contributed by atoms with Crippen molar-refractivity contribution in [2.75, 3.05) is 0 Å². The molecule has 0 unspecified atom stereocenters. The van der Waals surface area contributed by atoms with Crippen LogP contribution in [0.25, 0.3) is 0 Å². The van der Waals surface area contributed by atoms with Crippen molar-refractivity contribution >= 4 is 11.8 Å². The van der Waals surface area contributed by atoms with Crippen LogP contribution in [0.15, 0.2) is 33.9 Å². The predicted octanol–water partition coefficient (Wildman–Crippen LogP) is 1.95. The molecule has 0 aliphatic carbocycles. The van der Waals surface area contributed by atoms with E-state index in [9.17, 15) is 0 Å². The molecule has 0 spiro atoms. The zero-order valence-corrected chi connectivity index (χ0v) is 10.6. The quantitative estimate of drug-likeness (QED) is 0.836. The number of nitrogens with two attached hydrogens (primary N) is 1. The second kappa shape index (κ2) is 4.85. The average molecular weight is 250 g/mol. The lowest BCUT2D eigenvalue weighted by molar-refractivity contribution is 0.370. The van der Waals surface area contributed by atoms with Gasteiger partial charge in [-0.3, -0.25) is 0 Å². The summed E-state index contributed by atoms with van der Waals surface area (Å²) in [6, 6.07) is 5.76. The Balaban J connectivity index is 1.99. The molecule has 0 aromatic carbocycles. The molecule has 0 saturated carbocycles. The molecule has 17 heavy (non-hydrogen) atoms. The molecule has 6 heteroatoms. The van der Waals surface area contributed by atoms with E-state index in [1.165, 1.54) is 0 Å². The Bertz CT molecular complexity index is 478. The summed E-state index contributed by atoms with van der Waals surface area (Å²) in [5.41, 5.74) is 5.30. The van der Waals surface area contributed by atoms with Crippen molar-refractivity contribution in [2.24, 2.45) is 5.73 Å². The van der Waals surface area contributed by atoms with Crippen LogP contribution in [0.5, 0.6) is 0 Å². The van der Waals surface area contributed by atoms with Crippen molar-refractivity contribution in [3.05, 3.63) is 36.1 Å². The SMILES string of the molecule is CC(C)(N)c1noc(CSc2ccccn2)n1. The lowest BCUT2D eigenvalue weighted by atomic mass is 10.1. The van der Waals surface area contributed by atoms with Crippen LogP contribution >= 0.6 is 11.8 Å². The molecule has 2 heterocycles. The number of hydrogen-bond donors (Lipinski definition) is 1. The summed E-state index contributed by atoms with van der Waals surface area (Å²) in [5.74, 6) is 1.68. The van der Waals surface area contributed by atoms with Gasteiger partial charge in [0.1, 0.15) is 0 Å². The molecule has 0 aliphatic rings. The van der Waals surface area contributed by atoms with Gasteiger partial charge in [0, 0.05) is 6.20 Å². The maximum absolute atomic E-state index is 5.87. The highest BCUT2D eigenvalue weighted by atomic mass is 32.2. The van der Waals surface area contributed by atoms with E-state index >= 15 is 0 Å². The Morgan fingerprint density at radius 2 is 2.24 bits per heavy atom. The maximum Gasteiger partial charge on any atom is 0.237 e. The predicted molar refractivity (Wildman–Crippen MR) is 65.3 cm³/mol. The minimum Gasteiger partial charge on any atom is -0.338 e. The summed E-state index contributed by atoms with van der Waals surface area (Å²) in [6.07, 6.45) is 1.75. The maximum atomic E-state index is 5.87. The molecule has 5 nitrogen and oxygen atoms in total. The van der Waals surface area contributed by atoms with Gasteiger partial charge in [-0.1, -0.05) is 23.0 Å². The Morgan fingerprint density at radius 1 is 1.41 bits per heavy atom. The van der Waals surface area contributed by atoms with E-state index in [-0.39, 0.29) is 0 Å². The van der Waals surface area contributed by atoms with Crippen molar-refractivity contribution < 1.29 is 4.52 Å². The van der Waals surface area contributed by atoms with Gasteiger partial charge < -0.3 is 10.3 Å². The van der Waals surface area contributed by atoms with Gasteiger partial charge >= 0.3 is 0 Å². The molecular formula is C11H14N4OS. The van der Waals surface area contributed by atoms with Crippen LogP contribution in [0, 0.1) is 0 Å². The highest BCUT2D eigenvalue weighted by Crippen LogP contribution is 2.20. The Labute approximate surface area is 104 Å². The van der Waals surface area contributed by atoms with Crippen molar-refractivity contribution in [2.45, 2.75) is 30.2 Å². The number of rotatable bonds is 4. The topological polar surface area (TPSA) is 77.8 Å². The zero-order valence-electron chi connectivity index (χ0n) is 9.75. The average Bonchev–Trinajstić information content (AvgIpc) is 2.76. The van der Waals surface area contributed by atoms with Crippen molar-refractivity contribution in [3.63, 3.8) is 0 Å². The van der Waals surface area contributed by atoms with E-state index in [1.807, 2.05) is 32.0 Å². The summed E-state index contributed by atoms with van der Waals surface area (Å²) >= 11 is 1.55. The molecule has 0 bridgehead atoms. The van der Waals surface area contributed by atoms with Gasteiger partial charge in [-0.2, -0.15) is 4.98 Å². The van der Waals surface area contributed by atoms with Gasteiger partial charge in [0.2, 0.25) is 5.89 Å². The monoisotopic (exact) mass is 250 g/mol. The fourth-order valence-electron chi connectivity index (χ4n) is 1.14. The number of nitrogens with zero attached hydrogens (tertiary/aromatic N) is 3. The molecule has 2 aromatic rings. The van der Waals surface area contributed by atoms with Gasteiger partial charge in [0.25, 0.3) is 0 Å². The second-order valence-corrected chi connectivity index (χ2v) is 5.19. The van der Waals surface area contributed by atoms with Crippen molar-refractivity contribution in [3.8, 4) is 0 Å². The second-order valence-electron chi connectivity index (χ2n) is 4.19. The van der Waals surface area contributed by atoms with E-state index < -0.39 is 5.54 Å². The van der Waals surface area contributed by atoms with Crippen molar-refractivity contribution in [1.29, 1.82) is 0 Å². The molecule has 0 aliphatic heterocycles. The third-order valence-corrected chi connectivity index (χ3v) is 2.95. The fourth-order valence-corrected chi connectivity index (χ4v) is 1.84. The number of aromatic nitrogens is 3. The Hall–Kier alpha value is -1.40. The molecule has 2 N–H and O–H groups in total. The lowest BCUT2D eigenvalue weighted by Gasteiger charge is -2.11. The van der Waals surface area contributed by atoms with E-state index in [1.54, 1.807) is 18.0 Å². The smallest absolute Gasteiger partial charge is 0.237 e. The summed E-state index contributed by atoms with van der Waals surface area (Å²) in [5, 5.41) is 4.78. The van der Waals surface area contributed by atoms with E-state index in [0.717, 1.165) is 5.03 Å². The lowest BCUT2D eigenvalue weighted by Crippen LogP contribution is -2.30. The van der Waals surface area contributed by atoms with Crippen molar-refractivity contribution in [1.82, 2.24) is 15.1 Å². The van der Waals surface area contributed by atoms with Gasteiger partial charge in [-0.05, 0) is 26.0 Å². The number of pyridine rings is 1. The molecule has 2 aromatic heterocycles. The summed E-state index contributed by atoms with van der Waals surface area (Å²) in [6.45, 7) is 3.68. The standard InChI is InChI=1S/C11H14N4OS/c1-11(2,12)10-14-8(16-15-10)7-17-9-5-3-4-6-13-9/h3-6H,7,12H2,1-2H3. The molecule has 90 valence electrons. The Kier molecular flexibility index (Phi) is 3.44. The van der Waals surface area contributed by atoms with Crippen LogP contribution in [-0.2, 0) is 11.3 Å². The third kappa shape index (κ3) is 3.28. The first-order chi connectivity index (χ1) is 8.05. The molecule has 2 rings (SSSR count). The van der Waals surface area contributed by atoms with Crippen LogP contribution in [0.3, 0.4) is 0 Å². The van der Waals surface area contributed by atoms with Crippen LogP contribution in [0.2, 0.25) is 0 Å². The van der Waals surface area contributed by atoms with Gasteiger partial charge in [-0.15, -0.1) is 0 Å². The minimum atomic E-state index is -0.572. The summed E-state index contributed by atoms with van der Waals surface area (Å²) in [4.78, 5) is 8.44. The first kappa shape index (κ1) is 12.1. The fraction of sp³-hybridized carbons (Fsp3) is 0.364. The minimum absolute atomic E-state index is 0.522. The third-order valence-electron chi connectivity index (χ3n) is 2.03. The molecule has 0 saturated heterocycles. The van der Waals surface area contributed by atoms with Gasteiger partial charge in [0.15, 0.2) is 5.82 Å². The van der Waals surface area contributed by atoms with E-state index in [4.69, 9.17) is 10.3 Å². The van der Waals surface area contributed by atoms with Gasteiger partial charge in [-0.25, -0.2) is 4.98 Å². The highest BCUT2D eigenvalue weighted by molar-refractivity contribution is 7.98. The summed E-state index contributed by atoms with van der Waals surface area (Å²) < 4.78 is 5.12. The van der Waals surface area contributed by atoms with E-state index in [2.05, 4.69) is 15.1 Å². The molecule has 0 radical (unpaired) electrons. The first-order valence-corrected chi connectivity index (χ1v) is 6.20. The molecule has 0 fully saturated rings. The normalized spacial score (nSPS) is 11.7. The van der Waals surface area contributed by atoms with Crippen LogP contribution in [0.1, 0.15) is 25.6 Å². The summed E-state index contributed by atoms with van der Waals surface area (Å²) in [7, 11) is 0. The van der Waals surface area contributed by atoms with Crippen LogP contribution < -0.4 is 5.73 Å². The molecular weight excluding hydrogens is 236 g/mol. The van der Waals surface area contributed by atoms with Crippen LogP contribution in [-0.4, -0.2) is 15.1 Å². The Morgan fingerprint density at radius 3 is 2.82 bits per heavy atom. The molecule has 0 amide bonds. The molecule has 0 atom stereocenters. The highest BCUT2D eigenvalue weighted by Gasteiger charge is 2.21. The van der Waals surface area contributed by atoms with E-state index in [0.29, 0.717) is 17.5 Å². The number of hydrogen-bond acceptors (Lipinski definition) is 6. The zero-order chi connectivity index (χ0) is 12.3. The number of thioether (sulfide) groups is 1. The van der Waals surface area contributed by atoms with Gasteiger partial charge in [0.05, 0.1) is 16.3 Å². The largest absolute Gasteiger partial charge is 0.338 e. The first-order valence-electron chi connectivity index (χ1n) is 5.21.